The molecule has 0 bridgehead atoms. The van der Waals surface area contributed by atoms with Gasteiger partial charge in [0.05, 0.1) is 11.6 Å². The Morgan fingerprint density at radius 1 is 1.44 bits per heavy atom. The molecule has 0 amide bonds. The van der Waals surface area contributed by atoms with Gasteiger partial charge in [-0.05, 0) is 34.1 Å². The fourth-order valence-electron chi connectivity index (χ4n) is 1.32. The third kappa shape index (κ3) is 2.20. The average molecular weight is 299 g/mol. The SMILES string of the molecule is CNc1csc(-c2ccc(OC)c(Br)c2)n1. The van der Waals surface area contributed by atoms with Crippen LogP contribution < -0.4 is 10.1 Å². The van der Waals surface area contributed by atoms with Crippen LogP contribution in [0.15, 0.2) is 28.1 Å². The summed E-state index contributed by atoms with van der Waals surface area (Å²) >= 11 is 5.08. The van der Waals surface area contributed by atoms with Crippen LogP contribution in [0.25, 0.3) is 10.6 Å². The van der Waals surface area contributed by atoms with Crippen LogP contribution in [0.3, 0.4) is 0 Å². The number of anilines is 1. The molecule has 2 rings (SSSR count). The molecule has 0 saturated carbocycles. The Morgan fingerprint density at radius 2 is 2.25 bits per heavy atom. The monoisotopic (exact) mass is 298 g/mol. The van der Waals surface area contributed by atoms with Crippen LogP contribution in [0.5, 0.6) is 5.75 Å². The van der Waals surface area contributed by atoms with E-state index in [1.165, 1.54) is 0 Å². The smallest absolute Gasteiger partial charge is 0.137 e. The van der Waals surface area contributed by atoms with Gasteiger partial charge < -0.3 is 10.1 Å². The number of rotatable bonds is 3. The van der Waals surface area contributed by atoms with Crippen LogP contribution in [-0.2, 0) is 0 Å². The van der Waals surface area contributed by atoms with Crippen LogP contribution >= 0.6 is 27.3 Å². The van der Waals surface area contributed by atoms with Crippen molar-refractivity contribution in [2.75, 3.05) is 19.5 Å². The van der Waals surface area contributed by atoms with E-state index in [4.69, 9.17) is 4.74 Å². The summed E-state index contributed by atoms with van der Waals surface area (Å²) in [4.78, 5) is 4.44. The topological polar surface area (TPSA) is 34.1 Å². The minimum atomic E-state index is 0.828. The number of methoxy groups -OCH3 is 1. The molecule has 2 aromatic rings. The number of hydrogen-bond acceptors (Lipinski definition) is 4. The molecule has 3 nitrogen and oxygen atoms in total. The molecule has 1 aromatic carbocycles. The van der Waals surface area contributed by atoms with Gasteiger partial charge in [-0.3, -0.25) is 0 Å². The first-order valence-electron chi connectivity index (χ1n) is 4.72. The quantitative estimate of drug-likeness (QED) is 0.940. The number of halogens is 1. The zero-order chi connectivity index (χ0) is 11.5. The summed E-state index contributed by atoms with van der Waals surface area (Å²) in [5.74, 6) is 1.72. The van der Waals surface area contributed by atoms with Crippen molar-refractivity contribution in [3.05, 3.63) is 28.1 Å². The van der Waals surface area contributed by atoms with Gasteiger partial charge in [0.1, 0.15) is 16.6 Å². The van der Waals surface area contributed by atoms with Gasteiger partial charge in [-0.25, -0.2) is 4.98 Å². The summed E-state index contributed by atoms with van der Waals surface area (Å²) in [5.41, 5.74) is 1.08. The first-order chi connectivity index (χ1) is 7.74. The second-order valence-corrected chi connectivity index (χ2v) is 4.85. The Kier molecular flexibility index (Phi) is 3.46. The lowest BCUT2D eigenvalue weighted by Gasteiger charge is -2.04. The molecule has 1 heterocycles. The maximum Gasteiger partial charge on any atom is 0.137 e. The van der Waals surface area contributed by atoms with E-state index in [0.29, 0.717) is 0 Å². The molecule has 0 saturated heterocycles. The molecule has 0 atom stereocenters. The Morgan fingerprint density at radius 3 is 2.81 bits per heavy atom. The second kappa shape index (κ2) is 4.84. The van der Waals surface area contributed by atoms with Gasteiger partial charge in [0.15, 0.2) is 0 Å². The number of aromatic nitrogens is 1. The number of nitrogens with one attached hydrogen (secondary N) is 1. The van der Waals surface area contributed by atoms with E-state index in [0.717, 1.165) is 26.6 Å². The van der Waals surface area contributed by atoms with Crippen LogP contribution in [0.4, 0.5) is 5.82 Å². The molecule has 5 heteroatoms. The highest BCUT2D eigenvalue weighted by Gasteiger charge is 2.06. The zero-order valence-electron chi connectivity index (χ0n) is 8.95. The number of nitrogens with zero attached hydrogens (tertiary/aromatic N) is 1. The second-order valence-electron chi connectivity index (χ2n) is 3.14. The van der Waals surface area contributed by atoms with Gasteiger partial charge in [-0.1, -0.05) is 0 Å². The molecular formula is C11H11BrN2OS. The van der Waals surface area contributed by atoms with Crippen LogP contribution in [-0.4, -0.2) is 19.1 Å². The Balaban J connectivity index is 2.37. The van der Waals surface area contributed by atoms with Crippen LogP contribution in [0, 0.1) is 0 Å². The highest BCUT2D eigenvalue weighted by atomic mass is 79.9. The lowest BCUT2D eigenvalue weighted by atomic mass is 10.2. The maximum absolute atomic E-state index is 5.19. The third-order valence-electron chi connectivity index (χ3n) is 2.16. The van der Waals surface area contributed by atoms with E-state index < -0.39 is 0 Å². The van der Waals surface area contributed by atoms with Crippen LogP contribution in [0.1, 0.15) is 0 Å². The Bertz CT molecular complexity index is 498. The van der Waals surface area contributed by atoms with Crippen molar-refractivity contribution < 1.29 is 4.74 Å². The van der Waals surface area contributed by atoms with Crippen molar-refractivity contribution >= 4 is 33.1 Å². The van der Waals surface area contributed by atoms with E-state index in [1.807, 2.05) is 30.6 Å². The van der Waals surface area contributed by atoms with Crippen LogP contribution in [0.2, 0.25) is 0 Å². The van der Waals surface area contributed by atoms with Crippen molar-refractivity contribution in [1.29, 1.82) is 0 Å². The molecule has 1 aromatic heterocycles. The molecule has 1 N–H and O–H groups in total. The molecule has 0 fully saturated rings. The normalized spacial score (nSPS) is 10.2. The fraction of sp³-hybridized carbons (Fsp3) is 0.182. The van der Waals surface area contributed by atoms with E-state index >= 15 is 0 Å². The van der Waals surface area contributed by atoms with Gasteiger partial charge in [0, 0.05) is 18.0 Å². The number of thiazole rings is 1. The molecular weight excluding hydrogens is 288 g/mol. The Hall–Kier alpha value is -1.07. The summed E-state index contributed by atoms with van der Waals surface area (Å²) in [5, 5.41) is 6.00. The summed E-state index contributed by atoms with van der Waals surface area (Å²) < 4.78 is 6.12. The first kappa shape index (κ1) is 11.4. The molecule has 16 heavy (non-hydrogen) atoms. The first-order valence-corrected chi connectivity index (χ1v) is 6.39. The minimum Gasteiger partial charge on any atom is -0.496 e. The summed E-state index contributed by atoms with van der Waals surface area (Å²) in [6, 6.07) is 5.94. The largest absolute Gasteiger partial charge is 0.496 e. The summed E-state index contributed by atoms with van der Waals surface area (Å²) in [6.07, 6.45) is 0. The maximum atomic E-state index is 5.19. The number of benzene rings is 1. The highest BCUT2D eigenvalue weighted by Crippen LogP contribution is 2.32. The summed E-state index contributed by atoms with van der Waals surface area (Å²) in [6.45, 7) is 0. The fourth-order valence-corrected chi connectivity index (χ4v) is 2.67. The highest BCUT2D eigenvalue weighted by molar-refractivity contribution is 9.10. The zero-order valence-corrected chi connectivity index (χ0v) is 11.4. The van der Waals surface area contributed by atoms with Crippen molar-refractivity contribution in [1.82, 2.24) is 4.98 Å². The van der Waals surface area contributed by atoms with E-state index in [9.17, 15) is 0 Å². The van der Waals surface area contributed by atoms with Gasteiger partial charge >= 0.3 is 0 Å². The van der Waals surface area contributed by atoms with E-state index in [1.54, 1.807) is 18.4 Å². The average Bonchev–Trinajstić information content (AvgIpc) is 2.77. The lowest BCUT2D eigenvalue weighted by Crippen LogP contribution is -1.88. The predicted octanol–water partition coefficient (Wildman–Crippen LogP) is 3.62. The van der Waals surface area contributed by atoms with E-state index in [-0.39, 0.29) is 0 Å². The van der Waals surface area contributed by atoms with Gasteiger partial charge in [0.25, 0.3) is 0 Å². The molecule has 0 aliphatic rings. The van der Waals surface area contributed by atoms with E-state index in [2.05, 4.69) is 26.2 Å². The third-order valence-corrected chi connectivity index (χ3v) is 3.67. The Labute approximate surface area is 107 Å². The van der Waals surface area contributed by atoms with Gasteiger partial charge in [-0.2, -0.15) is 0 Å². The molecule has 0 aliphatic heterocycles. The van der Waals surface area contributed by atoms with Crippen molar-refractivity contribution in [3.63, 3.8) is 0 Å². The van der Waals surface area contributed by atoms with Gasteiger partial charge in [-0.15, -0.1) is 11.3 Å². The molecule has 0 aliphatic carbocycles. The van der Waals surface area contributed by atoms with Crippen molar-refractivity contribution in [2.45, 2.75) is 0 Å². The predicted molar refractivity (Wildman–Crippen MR) is 71.3 cm³/mol. The molecule has 0 spiro atoms. The standard InChI is InChI=1S/C11H11BrN2OS/c1-13-10-6-16-11(14-10)7-3-4-9(15-2)8(12)5-7/h3-6,13H,1-2H3. The number of hydrogen-bond donors (Lipinski definition) is 1. The van der Waals surface area contributed by atoms with Crippen molar-refractivity contribution in [2.24, 2.45) is 0 Å². The molecule has 84 valence electrons. The van der Waals surface area contributed by atoms with Gasteiger partial charge in [0.2, 0.25) is 0 Å². The minimum absolute atomic E-state index is 0.828. The summed E-state index contributed by atoms with van der Waals surface area (Å²) in [7, 11) is 3.52. The lowest BCUT2D eigenvalue weighted by molar-refractivity contribution is 0.412. The van der Waals surface area contributed by atoms with Crippen molar-refractivity contribution in [3.8, 4) is 16.3 Å². The molecule has 0 unspecified atom stereocenters. The number of ether oxygens (including phenoxy) is 1. The molecule has 0 radical (unpaired) electrons.